The maximum Gasteiger partial charge on any atom is 0.379 e. The fraction of sp³-hybridized carbons (Fsp3) is 0.167. The van der Waals surface area contributed by atoms with Crippen molar-refractivity contribution in [1.29, 1.82) is 5.26 Å². The number of halogens is 3. The first kappa shape index (κ1) is 32.1. The molecule has 1 unspecified atom stereocenters. The largest absolute Gasteiger partial charge is 0.490 e. The van der Waals surface area contributed by atoms with Crippen LogP contribution in [0.25, 0.3) is 11.0 Å². The van der Waals surface area contributed by atoms with E-state index in [0.717, 1.165) is 16.5 Å². The lowest BCUT2D eigenvalue weighted by molar-refractivity contribution is 0.0702. The van der Waals surface area contributed by atoms with Gasteiger partial charge in [-0.2, -0.15) is 5.26 Å². The SMILES string of the molecule is CCOc1cc(C2C(C#N)=C(N)Oc3cc(OC(=O)c4oc5cc(C)c(Cl)cc5c4C)ccc32)ccc1OCc1ccc(Cl)cc1Cl. The Morgan fingerprint density at radius 2 is 1.77 bits per heavy atom. The number of carbonyl (C=O) groups excluding carboxylic acids is 1. The molecule has 0 saturated heterocycles. The lowest BCUT2D eigenvalue weighted by Gasteiger charge is -2.27. The zero-order chi connectivity index (χ0) is 33.4. The van der Waals surface area contributed by atoms with E-state index in [1.807, 2.05) is 19.9 Å². The zero-order valence-corrected chi connectivity index (χ0v) is 27.7. The van der Waals surface area contributed by atoms with Gasteiger partial charge in [0.05, 0.1) is 12.5 Å². The number of benzene rings is 4. The molecule has 1 atom stereocenters. The highest BCUT2D eigenvalue weighted by atomic mass is 35.5. The molecular weight excluding hydrogens is 663 g/mol. The van der Waals surface area contributed by atoms with Gasteiger partial charge in [0.2, 0.25) is 11.6 Å². The molecule has 8 nitrogen and oxygen atoms in total. The van der Waals surface area contributed by atoms with Gasteiger partial charge in [0, 0.05) is 43.2 Å². The molecule has 5 aromatic rings. The molecule has 2 N–H and O–H groups in total. The Morgan fingerprint density at radius 3 is 2.51 bits per heavy atom. The molecule has 1 aliphatic rings. The first-order valence-corrected chi connectivity index (χ1v) is 15.7. The molecule has 1 aromatic heterocycles. The van der Waals surface area contributed by atoms with Crippen LogP contribution in [0.3, 0.4) is 0 Å². The Morgan fingerprint density at radius 1 is 0.957 bits per heavy atom. The van der Waals surface area contributed by atoms with Gasteiger partial charge in [0.15, 0.2) is 11.5 Å². The van der Waals surface area contributed by atoms with Crippen LogP contribution in [0.2, 0.25) is 15.1 Å². The number of rotatable bonds is 8. The first-order chi connectivity index (χ1) is 22.6. The molecular formula is C36H27Cl3N2O6. The number of allylic oxidation sites excluding steroid dienone is 1. The first-order valence-electron chi connectivity index (χ1n) is 14.5. The van der Waals surface area contributed by atoms with Gasteiger partial charge in [0.1, 0.15) is 35.3 Å². The van der Waals surface area contributed by atoms with Crippen LogP contribution >= 0.6 is 34.8 Å². The molecule has 4 aromatic carbocycles. The molecule has 2 heterocycles. The fourth-order valence-corrected chi connectivity index (χ4v) is 6.04. The highest BCUT2D eigenvalue weighted by Crippen LogP contribution is 2.45. The molecule has 0 spiro atoms. The minimum Gasteiger partial charge on any atom is -0.490 e. The molecule has 6 rings (SSSR count). The van der Waals surface area contributed by atoms with Crippen LogP contribution in [0.4, 0.5) is 0 Å². The number of aryl methyl sites for hydroxylation is 2. The second-order valence-corrected chi connectivity index (χ2v) is 12.1. The summed E-state index contributed by atoms with van der Waals surface area (Å²) in [4.78, 5) is 13.2. The lowest BCUT2D eigenvalue weighted by Crippen LogP contribution is -2.21. The predicted molar refractivity (Wildman–Crippen MR) is 180 cm³/mol. The van der Waals surface area contributed by atoms with Crippen molar-refractivity contribution in [3.63, 3.8) is 0 Å². The summed E-state index contributed by atoms with van der Waals surface area (Å²) in [6.45, 7) is 6.05. The minimum absolute atomic E-state index is 0.0634. The summed E-state index contributed by atoms with van der Waals surface area (Å²) in [6, 6.07) is 21.2. The number of carbonyl (C=O) groups is 1. The quantitative estimate of drug-likeness (QED) is 0.127. The Labute approximate surface area is 285 Å². The second-order valence-electron chi connectivity index (χ2n) is 10.8. The smallest absolute Gasteiger partial charge is 0.379 e. The average Bonchev–Trinajstić information content (AvgIpc) is 3.35. The van der Waals surface area contributed by atoms with Crippen LogP contribution in [-0.2, 0) is 6.61 Å². The van der Waals surface area contributed by atoms with Crippen molar-refractivity contribution in [3.8, 4) is 29.1 Å². The van der Waals surface area contributed by atoms with Gasteiger partial charge in [0.25, 0.3) is 0 Å². The number of nitrogens with two attached hydrogens (primary N) is 1. The summed E-state index contributed by atoms with van der Waals surface area (Å²) in [7, 11) is 0. The number of esters is 1. The van der Waals surface area contributed by atoms with Crippen LogP contribution in [0.15, 0.2) is 82.6 Å². The molecule has 238 valence electrons. The van der Waals surface area contributed by atoms with E-state index in [-0.39, 0.29) is 29.6 Å². The van der Waals surface area contributed by atoms with Crippen molar-refractivity contribution in [1.82, 2.24) is 0 Å². The van der Waals surface area contributed by atoms with E-state index < -0.39 is 11.9 Å². The molecule has 47 heavy (non-hydrogen) atoms. The second kappa shape index (κ2) is 13.1. The monoisotopic (exact) mass is 688 g/mol. The minimum atomic E-state index is -0.683. The third kappa shape index (κ3) is 6.30. The van der Waals surface area contributed by atoms with Gasteiger partial charge in [-0.25, -0.2) is 4.79 Å². The molecule has 0 radical (unpaired) electrons. The summed E-state index contributed by atoms with van der Waals surface area (Å²) in [5, 5.41) is 12.4. The average molecular weight is 690 g/mol. The normalized spacial score (nSPS) is 13.9. The number of nitriles is 1. The summed E-state index contributed by atoms with van der Waals surface area (Å²) < 4.78 is 29.4. The molecule has 0 fully saturated rings. The van der Waals surface area contributed by atoms with Gasteiger partial charge in [-0.05, 0) is 74.4 Å². The van der Waals surface area contributed by atoms with E-state index in [1.165, 1.54) is 0 Å². The third-order valence-electron chi connectivity index (χ3n) is 7.80. The Kier molecular flexibility index (Phi) is 8.98. The fourth-order valence-electron chi connectivity index (χ4n) is 5.42. The van der Waals surface area contributed by atoms with Crippen molar-refractivity contribution in [2.75, 3.05) is 6.61 Å². The molecule has 0 saturated carbocycles. The highest BCUT2D eigenvalue weighted by molar-refractivity contribution is 6.35. The van der Waals surface area contributed by atoms with E-state index in [9.17, 15) is 10.1 Å². The molecule has 0 bridgehead atoms. The molecule has 11 heteroatoms. The van der Waals surface area contributed by atoms with Gasteiger partial charge in [-0.3, -0.25) is 0 Å². The van der Waals surface area contributed by atoms with Gasteiger partial charge in [-0.15, -0.1) is 0 Å². The van der Waals surface area contributed by atoms with E-state index in [1.54, 1.807) is 67.6 Å². The van der Waals surface area contributed by atoms with Gasteiger partial charge >= 0.3 is 5.97 Å². The van der Waals surface area contributed by atoms with Crippen molar-refractivity contribution in [3.05, 3.63) is 127 Å². The van der Waals surface area contributed by atoms with Crippen molar-refractivity contribution < 1.29 is 28.2 Å². The maximum atomic E-state index is 13.2. The standard InChI is InChI=1S/C36H27Cl3N2O6/c1-4-43-32-12-20(6-10-29(32)44-17-21-5-7-22(37)13-28(21)39)33-24-9-8-23(14-31(24)47-35(41)26(33)16-40)45-36(42)34-19(3)25-15-27(38)18(2)11-30(25)46-34/h5-15,33H,4,17,41H2,1-3H3. The van der Waals surface area contributed by atoms with E-state index in [2.05, 4.69) is 6.07 Å². The molecule has 1 aliphatic heterocycles. The topological polar surface area (TPSA) is 117 Å². The zero-order valence-electron chi connectivity index (χ0n) is 25.5. The van der Waals surface area contributed by atoms with E-state index in [4.69, 9.17) is 63.9 Å². The highest BCUT2D eigenvalue weighted by Gasteiger charge is 2.32. The number of ether oxygens (including phenoxy) is 4. The number of fused-ring (bicyclic) bond motifs is 2. The third-order valence-corrected chi connectivity index (χ3v) is 8.80. The summed E-state index contributed by atoms with van der Waals surface area (Å²) in [5.74, 6) is 0.214. The number of nitrogens with zero attached hydrogens (tertiary/aromatic N) is 1. The Bertz CT molecular complexity index is 2130. The van der Waals surface area contributed by atoms with Crippen LogP contribution < -0.4 is 24.7 Å². The maximum absolute atomic E-state index is 13.2. The number of furan rings is 1. The predicted octanol–water partition coefficient (Wildman–Crippen LogP) is 9.42. The summed E-state index contributed by atoms with van der Waals surface area (Å²) >= 11 is 18.6. The van der Waals surface area contributed by atoms with Crippen molar-refractivity contribution >= 4 is 51.7 Å². The van der Waals surface area contributed by atoms with Gasteiger partial charge < -0.3 is 29.1 Å². The van der Waals surface area contributed by atoms with Crippen molar-refractivity contribution in [2.45, 2.75) is 33.3 Å². The lowest BCUT2D eigenvalue weighted by atomic mass is 9.83. The molecule has 0 amide bonds. The Hall–Kier alpha value is -4.81. The van der Waals surface area contributed by atoms with Crippen LogP contribution in [0.5, 0.6) is 23.0 Å². The summed E-state index contributed by atoms with van der Waals surface area (Å²) in [6.07, 6.45) is 0. The number of hydrogen-bond donors (Lipinski definition) is 1. The van der Waals surface area contributed by atoms with E-state index >= 15 is 0 Å². The van der Waals surface area contributed by atoms with E-state index in [0.29, 0.717) is 61.2 Å². The number of hydrogen-bond acceptors (Lipinski definition) is 8. The van der Waals surface area contributed by atoms with Crippen LogP contribution in [0.1, 0.15) is 51.2 Å². The van der Waals surface area contributed by atoms with Crippen LogP contribution in [0, 0.1) is 25.2 Å². The van der Waals surface area contributed by atoms with Crippen LogP contribution in [-0.4, -0.2) is 12.6 Å². The Balaban J connectivity index is 1.29. The summed E-state index contributed by atoms with van der Waals surface area (Å²) in [5.41, 5.74) is 10.6. The molecule has 0 aliphatic carbocycles. The van der Waals surface area contributed by atoms with Crippen molar-refractivity contribution in [2.24, 2.45) is 5.73 Å². The van der Waals surface area contributed by atoms with Gasteiger partial charge in [-0.1, -0.05) is 53.0 Å².